The monoisotopic (exact) mass is 234 g/mol. The van der Waals surface area contributed by atoms with Crippen molar-refractivity contribution in [3.63, 3.8) is 0 Å². The first-order valence-electron chi connectivity index (χ1n) is 5.56. The lowest BCUT2D eigenvalue weighted by Gasteiger charge is -2.11. The van der Waals surface area contributed by atoms with Crippen molar-refractivity contribution in [2.75, 3.05) is 6.54 Å². The van der Waals surface area contributed by atoms with Gasteiger partial charge in [0.15, 0.2) is 0 Å². The van der Waals surface area contributed by atoms with Gasteiger partial charge in [0, 0.05) is 6.54 Å². The van der Waals surface area contributed by atoms with E-state index in [1.54, 1.807) is 0 Å². The third-order valence-electron chi connectivity index (χ3n) is 2.72. The maximum Gasteiger partial charge on any atom is 0.309 e. The molecule has 0 spiro atoms. The van der Waals surface area contributed by atoms with Crippen molar-refractivity contribution in [1.29, 1.82) is 0 Å². The summed E-state index contributed by atoms with van der Waals surface area (Å²) in [5, 5.41) is 2.49. The number of carbonyl (C=O) groups excluding carboxylic acids is 2. The van der Waals surface area contributed by atoms with Crippen molar-refractivity contribution >= 4 is 11.8 Å². The number of primary amides is 1. The molecule has 0 aliphatic rings. The number of carbonyl (C=O) groups is 2. The zero-order valence-corrected chi connectivity index (χ0v) is 10.5. The number of hydrogen-bond donors (Lipinski definition) is 2. The van der Waals surface area contributed by atoms with Gasteiger partial charge in [0.2, 0.25) is 0 Å². The van der Waals surface area contributed by atoms with Crippen LogP contribution in [0.3, 0.4) is 0 Å². The Morgan fingerprint density at radius 3 is 2.18 bits per heavy atom. The lowest BCUT2D eigenvalue weighted by Crippen LogP contribution is -2.37. The summed E-state index contributed by atoms with van der Waals surface area (Å²) in [4.78, 5) is 21.5. The molecule has 0 atom stereocenters. The molecular weight excluding hydrogens is 216 g/mol. The van der Waals surface area contributed by atoms with Gasteiger partial charge in [-0.3, -0.25) is 9.59 Å². The number of nitrogens with two attached hydrogens (primary N) is 1. The molecule has 0 fully saturated rings. The minimum Gasteiger partial charge on any atom is -0.361 e. The van der Waals surface area contributed by atoms with Crippen molar-refractivity contribution in [3.05, 3.63) is 34.4 Å². The van der Waals surface area contributed by atoms with Crippen LogP contribution in [0.2, 0.25) is 0 Å². The molecule has 4 heteroatoms. The Morgan fingerprint density at radius 1 is 1.18 bits per heavy atom. The van der Waals surface area contributed by atoms with E-state index in [1.165, 1.54) is 22.3 Å². The molecule has 4 nitrogen and oxygen atoms in total. The zero-order valence-electron chi connectivity index (χ0n) is 10.5. The molecule has 0 saturated heterocycles. The van der Waals surface area contributed by atoms with E-state index in [4.69, 9.17) is 5.73 Å². The summed E-state index contributed by atoms with van der Waals surface area (Å²) in [6.45, 7) is 6.57. The SMILES string of the molecule is Cc1cc(C)c(CCNC(=O)C(N)=O)c(C)c1. The molecule has 0 radical (unpaired) electrons. The van der Waals surface area contributed by atoms with Crippen molar-refractivity contribution in [1.82, 2.24) is 5.32 Å². The van der Waals surface area contributed by atoms with Crippen LogP contribution in [-0.2, 0) is 16.0 Å². The maximum atomic E-state index is 11.0. The van der Waals surface area contributed by atoms with Crippen molar-refractivity contribution in [3.8, 4) is 0 Å². The Bertz CT molecular complexity index is 430. The van der Waals surface area contributed by atoms with Gasteiger partial charge >= 0.3 is 11.8 Å². The summed E-state index contributed by atoms with van der Waals surface area (Å²) in [5.41, 5.74) is 9.69. The van der Waals surface area contributed by atoms with Gasteiger partial charge in [-0.15, -0.1) is 0 Å². The maximum absolute atomic E-state index is 11.0. The van der Waals surface area contributed by atoms with E-state index in [9.17, 15) is 9.59 Å². The van der Waals surface area contributed by atoms with E-state index in [2.05, 4.69) is 24.4 Å². The minimum atomic E-state index is -0.942. The van der Waals surface area contributed by atoms with Gasteiger partial charge in [-0.05, 0) is 43.9 Å². The topological polar surface area (TPSA) is 72.2 Å². The fourth-order valence-electron chi connectivity index (χ4n) is 1.99. The van der Waals surface area contributed by atoms with E-state index in [0.29, 0.717) is 13.0 Å². The molecule has 0 aliphatic heterocycles. The van der Waals surface area contributed by atoms with Crippen molar-refractivity contribution in [2.45, 2.75) is 27.2 Å². The Labute approximate surface area is 101 Å². The first-order valence-corrected chi connectivity index (χ1v) is 5.56. The third-order valence-corrected chi connectivity index (χ3v) is 2.72. The second-order valence-electron chi connectivity index (χ2n) is 4.25. The summed E-state index contributed by atoms with van der Waals surface area (Å²) < 4.78 is 0. The predicted octanol–water partition coefficient (Wildman–Crippen LogP) is 0.756. The van der Waals surface area contributed by atoms with E-state index in [1.807, 2.05) is 13.8 Å². The molecule has 0 bridgehead atoms. The second-order valence-corrected chi connectivity index (χ2v) is 4.25. The van der Waals surface area contributed by atoms with E-state index in [-0.39, 0.29) is 0 Å². The largest absolute Gasteiger partial charge is 0.361 e. The molecule has 2 amide bonds. The molecular formula is C13H18N2O2. The fraction of sp³-hybridized carbons (Fsp3) is 0.385. The Morgan fingerprint density at radius 2 is 1.71 bits per heavy atom. The highest BCUT2D eigenvalue weighted by Crippen LogP contribution is 2.16. The molecule has 1 rings (SSSR count). The normalized spacial score (nSPS) is 10.1. The summed E-state index contributed by atoms with van der Waals surface area (Å²) in [6, 6.07) is 4.22. The molecule has 0 aromatic heterocycles. The number of aryl methyl sites for hydroxylation is 3. The number of rotatable bonds is 3. The lowest BCUT2D eigenvalue weighted by atomic mass is 9.97. The Kier molecular flexibility index (Phi) is 4.26. The van der Waals surface area contributed by atoms with Crippen LogP contribution < -0.4 is 11.1 Å². The van der Waals surface area contributed by atoms with Gasteiger partial charge in [0.1, 0.15) is 0 Å². The van der Waals surface area contributed by atoms with Crippen LogP contribution in [0.25, 0.3) is 0 Å². The Hall–Kier alpha value is -1.84. The zero-order chi connectivity index (χ0) is 13.0. The van der Waals surface area contributed by atoms with Gasteiger partial charge in [-0.1, -0.05) is 17.7 Å². The van der Waals surface area contributed by atoms with Crippen LogP contribution in [0, 0.1) is 20.8 Å². The first-order chi connectivity index (χ1) is 7.91. The summed E-state index contributed by atoms with van der Waals surface area (Å²) in [6.07, 6.45) is 0.705. The molecule has 0 heterocycles. The third kappa shape index (κ3) is 3.59. The number of amides is 2. The van der Waals surface area contributed by atoms with Gasteiger partial charge in [0.25, 0.3) is 0 Å². The number of nitrogens with one attached hydrogen (secondary N) is 1. The molecule has 17 heavy (non-hydrogen) atoms. The van der Waals surface area contributed by atoms with Crippen LogP contribution in [0.5, 0.6) is 0 Å². The quantitative estimate of drug-likeness (QED) is 0.758. The predicted molar refractivity (Wildman–Crippen MR) is 66.6 cm³/mol. The highest BCUT2D eigenvalue weighted by molar-refractivity contribution is 6.34. The van der Waals surface area contributed by atoms with Gasteiger partial charge in [0.05, 0.1) is 0 Å². The summed E-state index contributed by atoms with van der Waals surface area (Å²) >= 11 is 0. The van der Waals surface area contributed by atoms with Crippen LogP contribution in [0.15, 0.2) is 12.1 Å². The highest BCUT2D eigenvalue weighted by Gasteiger charge is 2.08. The van der Waals surface area contributed by atoms with Gasteiger partial charge in [-0.25, -0.2) is 0 Å². The van der Waals surface area contributed by atoms with Crippen LogP contribution >= 0.6 is 0 Å². The minimum absolute atomic E-state index is 0.423. The lowest BCUT2D eigenvalue weighted by molar-refractivity contribution is -0.137. The first kappa shape index (κ1) is 13.2. The summed E-state index contributed by atoms with van der Waals surface area (Å²) in [7, 11) is 0. The summed E-state index contributed by atoms with van der Waals surface area (Å²) in [5.74, 6) is -1.67. The number of benzene rings is 1. The fourth-order valence-corrected chi connectivity index (χ4v) is 1.99. The molecule has 3 N–H and O–H groups in total. The van der Waals surface area contributed by atoms with Crippen LogP contribution in [0.1, 0.15) is 22.3 Å². The van der Waals surface area contributed by atoms with E-state index < -0.39 is 11.8 Å². The van der Waals surface area contributed by atoms with Crippen LogP contribution in [-0.4, -0.2) is 18.4 Å². The van der Waals surface area contributed by atoms with Gasteiger partial charge < -0.3 is 11.1 Å². The molecule has 1 aromatic rings. The average Bonchev–Trinajstić information content (AvgIpc) is 2.21. The standard InChI is InChI=1S/C13H18N2O2/c1-8-6-9(2)11(10(3)7-8)4-5-15-13(17)12(14)16/h6-7H,4-5H2,1-3H3,(H2,14,16)(H,15,17). The highest BCUT2D eigenvalue weighted by atomic mass is 16.2. The van der Waals surface area contributed by atoms with E-state index >= 15 is 0 Å². The number of hydrogen-bond acceptors (Lipinski definition) is 2. The smallest absolute Gasteiger partial charge is 0.309 e. The van der Waals surface area contributed by atoms with Crippen molar-refractivity contribution < 1.29 is 9.59 Å². The molecule has 0 unspecified atom stereocenters. The molecule has 0 aliphatic carbocycles. The molecule has 1 aromatic carbocycles. The van der Waals surface area contributed by atoms with E-state index in [0.717, 1.165) is 0 Å². The molecule has 92 valence electrons. The second kappa shape index (κ2) is 5.48. The molecule has 0 saturated carbocycles. The van der Waals surface area contributed by atoms with Gasteiger partial charge in [-0.2, -0.15) is 0 Å². The van der Waals surface area contributed by atoms with Crippen LogP contribution in [0.4, 0.5) is 0 Å². The van der Waals surface area contributed by atoms with Crippen molar-refractivity contribution in [2.24, 2.45) is 5.73 Å². The average molecular weight is 234 g/mol. The Balaban J connectivity index is 2.64.